The standard InChI is InChI=1S/C29H28F3N3O5S/c1-34-28(36)26-23-13-22(17-3-4-17)24(35(41(2,37)38)16-29(31,32)15-33)14-25(23)40-27(26)18-5-9-20(10-6-18)39-21-11-7-19(30)8-12-21/h5-14,17H,3-4,15-16,33H2,1-2H3,(H,34,36). The predicted molar refractivity (Wildman–Crippen MR) is 150 cm³/mol. The van der Waals surface area contributed by atoms with E-state index in [1.807, 2.05) is 0 Å². The Hall–Kier alpha value is -4.03. The van der Waals surface area contributed by atoms with Gasteiger partial charge in [0.1, 0.15) is 28.7 Å². The monoisotopic (exact) mass is 587 g/mol. The van der Waals surface area contributed by atoms with Gasteiger partial charge in [-0.1, -0.05) is 0 Å². The highest BCUT2D eigenvalue weighted by Gasteiger charge is 2.38. The van der Waals surface area contributed by atoms with Crippen molar-refractivity contribution >= 4 is 32.6 Å². The van der Waals surface area contributed by atoms with E-state index in [-0.39, 0.29) is 34.3 Å². The van der Waals surface area contributed by atoms with Crippen molar-refractivity contribution < 1.29 is 35.5 Å². The number of nitrogens with two attached hydrogens (primary N) is 1. The van der Waals surface area contributed by atoms with Gasteiger partial charge in [0.25, 0.3) is 11.8 Å². The average Bonchev–Trinajstić information content (AvgIpc) is 3.72. The zero-order chi connectivity index (χ0) is 29.5. The van der Waals surface area contributed by atoms with Crippen molar-refractivity contribution in [1.82, 2.24) is 5.32 Å². The van der Waals surface area contributed by atoms with Crippen molar-refractivity contribution in [2.24, 2.45) is 5.73 Å². The Bertz CT molecular complexity index is 1700. The summed E-state index contributed by atoms with van der Waals surface area (Å²) in [5, 5.41) is 3.04. The lowest BCUT2D eigenvalue weighted by molar-refractivity contribution is 0.0220. The molecule has 1 amide bonds. The normalized spacial score (nSPS) is 13.8. The molecule has 5 rings (SSSR count). The Morgan fingerprint density at radius 2 is 1.71 bits per heavy atom. The lowest BCUT2D eigenvalue weighted by Crippen LogP contribution is -2.44. The van der Waals surface area contributed by atoms with Crippen LogP contribution in [-0.4, -0.2) is 46.6 Å². The van der Waals surface area contributed by atoms with Crippen molar-refractivity contribution in [3.63, 3.8) is 0 Å². The van der Waals surface area contributed by atoms with Crippen molar-refractivity contribution in [3.8, 4) is 22.8 Å². The van der Waals surface area contributed by atoms with Crippen LogP contribution in [0.5, 0.6) is 11.5 Å². The summed E-state index contributed by atoms with van der Waals surface area (Å²) in [5.74, 6) is -3.23. The second-order valence-corrected chi connectivity index (χ2v) is 11.9. The molecule has 4 aromatic rings. The molecule has 0 atom stereocenters. The zero-order valence-corrected chi connectivity index (χ0v) is 23.1. The highest BCUT2D eigenvalue weighted by Crippen LogP contribution is 2.48. The maximum absolute atomic E-state index is 14.4. The molecular weight excluding hydrogens is 559 g/mol. The molecule has 1 aromatic heterocycles. The van der Waals surface area contributed by atoms with Crippen LogP contribution in [0.1, 0.15) is 34.7 Å². The fourth-order valence-electron chi connectivity index (χ4n) is 4.61. The molecule has 8 nitrogen and oxygen atoms in total. The molecule has 1 fully saturated rings. The minimum absolute atomic E-state index is 0.0519. The van der Waals surface area contributed by atoms with Crippen LogP contribution in [0.4, 0.5) is 18.9 Å². The number of nitrogens with zero attached hydrogens (tertiary/aromatic N) is 1. The molecule has 3 aromatic carbocycles. The van der Waals surface area contributed by atoms with Crippen LogP contribution in [-0.2, 0) is 10.0 Å². The van der Waals surface area contributed by atoms with Crippen molar-refractivity contribution in [1.29, 1.82) is 0 Å². The number of carbonyl (C=O) groups is 1. The molecule has 0 saturated heterocycles. The number of furan rings is 1. The molecule has 0 bridgehead atoms. The number of fused-ring (bicyclic) bond motifs is 1. The topological polar surface area (TPSA) is 115 Å². The van der Waals surface area contributed by atoms with Gasteiger partial charge in [0.15, 0.2) is 0 Å². The molecule has 41 heavy (non-hydrogen) atoms. The van der Waals surface area contributed by atoms with Gasteiger partial charge in [-0.2, -0.15) is 0 Å². The zero-order valence-electron chi connectivity index (χ0n) is 22.3. The average molecular weight is 588 g/mol. The molecule has 0 radical (unpaired) electrons. The van der Waals surface area contributed by atoms with E-state index in [4.69, 9.17) is 14.9 Å². The third kappa shape index (κ3) is 6.03. The third-order valence-electron chi connectivity index (χ3n) is 6.82. The van der Waals surface area contributed by atoms with Gasteiger partial charge in [-0.25, -0.2) is 21.6 Å². The van der Waals surface area contributed by atoms with Crippen molar-refractivity contribution in [2.45, 2.75) is 24.7 Å². The maximum Gasteiger partial charge on any atom is 0.278 e. The van der Waals surface area contributed by atoms with Gasteiger partial charge in [-0.3, -0.25) is 9.10 Å². The molecule has 0 aliphatic heterocycles. The van der Waals surface area contributed by atoms with E-state index < -0.39 is 34.9 Å². The Morgan fingerprint density at radius 3 is 2.24 bits per heavy atom. The fourth-order valence-corrected chi connectivity index (χ4v) is 5.55. The highest BCUT2D eigenvalue weighted by atomic mass is 32.2. The van der Waals surface area contributed by atoms with E-state index in [0.29, 0.717) is 32.3 Å². The number of hydrogen-bond donors (Lipinski definition) is 2. The number of ether oxygens (including phenoxy) is 1. The van der Waals surface area contributed by atoms with E-state index >= 15 is 0 Å². The minimum Gasteiger partial charge on any atom is -0.457 e. The van der Waals surface area contributed by atoms with Crippen LogP contribution in [0.3, 0.4) is 0 Å². The first-order chi connectivity index (χ1) is 19.4. The molecule has 1 heterocycles. The van der Waals surface area contributed by atoms with Gasteiger partial charge in [0, 0.05) is 24.1 Å². The number of rotatable bonds is 10. The van der Waals surface area contributed by atoms with E-state index in [9.17, 15) is 26.4 Å². The summed E-state index contributed by atoms with van der Waals surface area (Å²) in [6.07, 6.45) is 2.36. The van der Waals surface area contributed by atoms with Crippen molar-refractivity contribution in [3.05, 3.63) is 77.6 Å². The lowest BCUT2D eigenvalue weighted by Gasteiger charge is -2.28. The van der Waals surface area contributed by atoms with Crippen LogP contribution >= 0.6 is 0 Å². The Morgan fingerprint density at radius 1 is 1.10 bits per heavy atom. The largest absolute Gasteiger partial charge is 0.457 e. The highest BCUT2D eigenvalue weighted by molar-refractivity contribution is 7.92. The number of nitrogens with one attached hydrogen (secondary N) is 1. The lowest BCUT2D eigenvalue weighted by atomic mass is 10.00. The molecule has 1 saturated carbocycles. The quantitative estimate of drug-likeness (QED) is 0.249. The van der Waals surface area contributed by atoms with E-state index in [1.165, 1.54) is 37.4 Å². The van der Waals surface area contributed by atoms with Crippen LogP contribution < -0.4 is 20.1 Å². The molecule has 216 valence electrons. The second-order valence-electron chi connectivity index (χ2n) is 9.98. The summed E-state index contributed by atoms with van der Waals surface area (Å²) < 4.78 is 79.9. The minimum atomic E-state index is -4.13. The van der Waals surface area contributed by atoms with Crippen LogP contribution in [0, 0.1) is 5.82 Å². The summed E-state index contributed by atoms with van der Waals surface area (Å²) in [6, 6.07) is 15.3. The molecule has 3 N–H and O–H groups in total. The first kappa shape index (κ1) is 28.5. The van der Waals surface area contributed by atoms with Crippen LogP contribution in [0.25, 0.3) is 22.3 Å². The van der Waals surface area contributed by atoms with Crippen molar-refractivity contribution in [2.75, 3.05) is 30.7 Å². The summed E-state index contributed by atoms with van der Waals surface area (Å²) in [7, 11) is -2.65. The van der Waals surface area contributed by atoms with Gasteiger partial charge < -0.3 is 20.2 Å². The molecule has 0 unspecified atom stereocenters. The molecular formula is C29H28F3N3O5S. The maximum atomic E-state index is 14.4. The predicted octanol–water partition coefficient (Wildman–Crippen LogP) is 5.63. The van der Waals surface area contributed by atoms with E-state index in [1.54, 1.807) is 30.3 Å². The number of amides is 1. The van der Waals surface area contributed by atoms with Crippen LogP contribution in [0.2, 0.25) is 0 Å². The van der Waals surface area contributed by atoms with E-state index in [2.05, 4.69) is 5.32 Å². The first-order valence-corrected chi connectivity index (χ1v) is 14.7. The summed E-state index contributed by atoms with van der Waals surface area (Å²) in [6.45, 7) is -2.15. The molecule has 1 aliphatic carbocycles. The van der Waals surface area contributed by atoms with E-state index in [0.717, 1.165) is 19.1 Å². The van der Waals surface area contributed by atoms with Gasteiger partial charge in [0.05, 0.1) is 30.6 Å². The number of carbonyl (C=O) groups excluding carboxylic acids is 1. The van der Waals surface area contributed by atoms with Gasteiger partial charge in [-0.05, 0) is 78.9 Å². The number of benzene rings is 3. The first-order valence-electron chi connectivity index (χ1n) is 12.8. The van der Waals surface area contributed by atoms with Gasteiger partial charge in [-0.15, -0.1) is 0 Å². The number of hydrogen-bond acceptors (Lipinski definition) is 6. The Labute approximate surface area is 234 Å². The Kier molecular flexibility index (Phi) is 7.47. The third-order valence-corrected chi connectivity index (χ3v) is 7.94. The van der Waals surface area contributed by atoms with Crippen LogP contribution in [0.15, 0.2) is 65.1 Å². The fraction of sp³-hybridized carbons (Fsp3) is 0.276. The second kappa shape index (κ2) is 10.7. The molecule has 1 aliphatic rings. The number of anilines is 1. The summed E-state index contributed by atoms with van der Waals surface area (Å²) >= 11 is 0. The van der Waals surface area contributed by atoms with Gasteiger partial charge in [0.2, 0.25) is 10.0 Å². The smallest absolute Gasteiger partial charge is 0.278 e. The number of halogens is 3. The summed E-state index contributed by atoms with van der Waals surface area (Å²) in [4.78, 5) is 13.1. The number of sulfonamides is 1. The number of alkyl halides is 2. The SMILES string of the molecule is CNC(=O)c1c(-c2ccc(Oc3ccc(F)cc3)cc2)oc2cc(N(CC(F)(F)CN)S(C)(=O)=O)c(C3CC3)cc12. The summed E-state index contributed by atoms with van der Waals surface area (Å²) in [5.41, 5.74) is 6.73. The van der Waals surface area contributed by atoms with Gasteiger partial charge >= 0.3 is 0 Å². The molecule has 12 heteroatoms. The molecule has 0 spiro atoms. The Balaban J connectivity index is 1.61.